The third-order valence-electron chi connectivity index (χ3n) is 3.78. The van der Waals surface area contributed by atoms with Crippen LogP contribution in [0.25, 0.3) is 5.69 Å². The number of aromatic nitrogens is 3. The lowest BCUT2D eigenvalue weighted by molar-refractivity contribution is -0.384. The normalized spacial score (nSPS) is 17.2. The van der Waals surface area contributed by atoms with Crippen molar-refractivity contribution in [3.63, 3.8) is 0 Å². The molecule has 24 heavy (non-hydrogen) atoms. The smallest absolute Gasteiger partial charge is 0.276 e. The van der Waals surface area contributed by atoms with Crippen LogP contribution in [0.15, 0.2) is 30.5 Å². The summed E-state index contributed by atoms with van der Waals surface area (Å²) in [5, 5.41) is 21.9. The number of piperazine rings is 1. The van der Waals surface area contributed by atoms with E-state index < -0.39 is 4.92 Å². The fourth-order valence-electron chi connectivity index (χ4n) is 2.53. The van der Waals surface area contributed by atoms with E-state index in [9.17, 15) is 14.9 Å². The molecule has 1 saturated heterocycles. The van der Waals surface area contributed by atoms with E-state index in [0.717, 1.165) is 13.1 Å². The van der Waals surface area contributed by atoms with Crippen LogP contribution in [0, 0.1) is 10.1 Å². The van der Waals surface area contributed by atoms with Gasteiger partial charge in [0.05, 0.1) is 16.8 Å². The molecule has 1 amide bonds. The van der Waals surface area contributed by atoms with Crippen molar-refractivity contribution in [2.45, 2.75) is 13.0 Å². The molecule has 9 nitrogen and oxygen atoms in total. The van der Waals surface area contributed by atoms with Gasteiger partial charge >= 0.3 is 0 Å². The monoisotopic (exact) mass is 352 g/mol. The first-order valence-electron chi connectivity index (χ1n) is 7.25. The van der Waals surface area contributed by atoms with E-state index in [1.54, 1.807) is 17.0 Å². The van der Waals surface area contributed by atoms with Crippen molar-refractivity contribution in [1.29, 1.82) is 0 Å². The molecule has 0 saturated carbocycles. The molecule has 10 heteroatoms. The quantitative estimate of drug-likeness (QED) is 0.653. The third-order valence-corrected chi connectivity index (χ3v) is 3.78. The molecule has 1 fully saturated rings. The van der Waals surface area contributed by atoms with Gasteiger partial charge in [-0.05, 0) is 13.0 Å². The molecule has 1 aromatic carbocycles. The number of amides is 1. The Kier molecular flexibility index (Phi) is 5.47. The van der Waals surface area contributed by atoms with E-state index in [1.807, 2.05) is 6.92 Å². The van der Waals surface area contributed by atoms with Crippen molar-refractivity contribution in [2.75, 3.05) is 19.6 Å². The second-order valence-corrected chi connectivity index (χ2v) is 5.38. The summed E-state index contributed by atoms with van der Waals surface area (Å²) in [5.41, 5.74) is 0.672. The lowest BCUT2D eigenvalue weighted by atomic mass is 10.2. The summed E-state index contributed by atoms with van der Waals surface area (Å²) in [7, 11) is 0. The molecule has 1 aromatic heterocycles. The number of nitrogens with zero attached hydrogens (tertiary/aromatic N) is 5. The van der Waals surface area contributed by atoms with Gasteiger partial charge in [0.2, 0.25) is 0 Å². The zero-order chi connectivity index (χ0) is 16.4. The maximum atomic E-state index is 12.5. The first-order valence-corrected chi connectivity index (χ1v) is 7.25. The van der Waals surface area contributed by atoms with Crippen LogP contribution >= 0.6 is 12.4 Å². The molecule has 128 valence electrons. The van der Waals surface area contributed by atoms with Crippen LogP contribution in [-0.2, 0) is 0 Å². The minimum atomic E-state index is -0.477. The number of nitrogens with one attached hydrogen (secondary N) is 1. The molecule has 3 rings (SSSR count). The van der Waals surface area contributed by atoms with Gasteiger partial charge in [-0.15, -0.1) is 17.5 Å². The number of halogens is 1. The van der Waals surface area contributed by atoms with Gasteiger partial charge in [-0.25, -0.2) is 4.68 Å². The Labute approximate surface area is 144 Å². The SMILES string of the molecule is CC1CNCCN1C(=O)c1cn(-c2cccc([N+](=O)[O-])c2)nn1.Cl. The maximum Gasteiger partial charge on any atom is 0.276 e. The van der Waals surface area contributed by atoms with Gasteiger partial charge in [-0.3, -0.25) is 14.9 Å². The van der Waals surface area contributed by atoms with Crippen molar-refractivity contribution in [2.24, 2.45) is 0 Å². The molecular weight excluding hydrogens is 336 g/mol. The standard InChI is InChI=1S/C14H16N6O3.ClH/c1-10-8-15-5-6-18(10)14(21)13-9-19(17-16-13)11-3-2-4-12(7-11)20(22)23;/h2-4,7,9-10,15H,5-6,8H2,1H3;1H. The lowest BCUT2D eigenvalue weighted by Gasteiger charge is -2.33. The average molecular weight is 353 g/mol. The fraction of sp³-hybridized carbons (Fsp3) is 0.357. The first-order chi connectivity index (χ1) is 11.1. The predicted molar refractivity (Wildman–Crippen MR) is 88.6 cm³/mol. The van der Waals surface area contributed by atoms with Gasteiger partial charge in [0.1, 0.15) is 0 Å². The van der Waals surface area contributed by atoms with E-state index in [4.69, 9.17) is 0 Å². The Morgan fingerprint density at radius 2 is 2.25 bits per heavy atom. The molecule has 0 aliphatic carbocycles. The highest BCUT2D eigenvalue weighted by Gasteiger charge is 2.26. The van der Waals surface area contributed by atoms with E-state index in [2.05, 4.69) is 15.6 Å². The molecule has 1 atom stereocenters. The van der Waals surface area contributed by atoms with Crippen LogP contribution in [-0.4, -0.2) is 56.4 Å². The van der Waals surface area contributed by atoms with Crippen molar-refractivity contribution in [1.82, 2.24) is 25.2 Å². The third kappa shape index (κ3) is 3.52. The minimum absolute atomic E-state index is 0. The molecule has 0 radical (unpaired) electrons. The Morgan fingerprint density at radius 1 is 1.46 bits per heavy atom. The molecule has 1 aliphatic heterocycles. The maximum absolute atomic E-state index is 12.5. The topological polar surface area (TPSA) is 106 Å². The van der Waals surface area contributed by atoms with Crippen LogP contribution in [0.2, 0.25) is 0 Å². The Morgan fingerprint density at radius 3 is 2.96 bits per heavy atom. The molecular formula is C14H17ClN6O3. The number of carbonyl (C=O) groups is 1. The molecule has 1 unspecified atom stereocenters. The van der Waals surface area contributed by atoms with Gasteiger partial charge in [0.25, 0.3) is 11.6 Å². The molecule has 1 aliphatic rings. The Hall–Kier alpha value is -2.52. The van der Waals surface area contributed by atoms with Gasteiger partial charge in [0.15, 0.2) is 5.69 Å². The first kappa shape index (κ1) is 17.8. The van der Waals surface area contributed by atoms with Gasteiger partial charge in [-0.1, -0.05) is 11.3 Å². The van der Waals surface area contributed by atoms with Gasteiger partial charge in [-0.2, -0.15) is 0 Å². The molecule has 1 N–H and O–H groups in total. The minimum Gasteiger partial charge on any atom is -0.332 e. The summed E-state index contributed by atoms with van der Waals surface area (Å²) >= 11 is 0. The number of nitro groups is 1. The van der Waals surface area contributed by atoms with E-state index in [-0.39, 0.29) is 35.7 Å². The lowest BCUT2D eigenvalue weighted by Crippen LogP contribution is -2.52. The zero-order valence-corrected chi connectivity index (χ0v) is 13.8. The summed E-state index contributed by atoms with van der Waals surface area (Å²) in [4.78, 5) is 24.6. The molecule has 2 heterocycles. The van der Waals surface area contributed by atoms with Crippen LogP contribution in [0.3, 0.4) is 0 Å². The summed E-state index contributed by atoms with van der Waals surface area (Å²) in [6.07, 6.45) is 1.50. The number of non-ortho nitro benzene ring substituents is 1. The van der Waals surface area contributed by atoms with Crippen molar-refractivity contribution >= 4 is 24.0 Å². The number of nitro benzene ring substituents is 1. The molecule has 0 bridgehead atoms. The van der Waals surface area contributed by atoms with Crippen LogP contribution in [0.5, 0.6) is 0 Å². The highest BCUT2D eigenvalue weighted by molar-refractivity contribution is 5.92. The summed E-state index contributed by atoms with van der Waals surface area (Å²) in [6.45, 7) is 4.07. The number of hydrogen-bond donors (Lipinski definition) is 1. The van der Waals surface area contributed by atoms with E-state index in [1.165, 1.54) is 23.0 Å². The second kappa shape index (κ2) is 7.37. The Bertz CT molecular complexity index is 750. The highest BCUT2D eigenvalue weighted by atomic mass is 35.5. The van der Waals surface area contributed by atoms with Crippen LogP contribution in [0.4, 0.5) is 5.69 Å². The second-order valence-electron chi connectivity index (χ2n) is 5.38. The summed E-state index contributed by atoms with van der Waals surface area (Å²) in [5.74, 6) is -0.185. The predicted octanol–water partition coefficient (Wildman–Crippen LogP) is 1.03. The van der Waals surface area contributed by atoms with Crippen molar-refractivity contribution in [3.05, 3.63) is 46.3 Å². The number of benzene rings is 1. The molecule has 2 aromatic rings. The van der Waals surface area contributed by atoms with Crippen molar-refractivity contribution < 1.29 is 9.72 Å². The summed E-state index contributed by atoms with van der Waals surface area (Å²) < 4.78 is 1.37. The largest absolute Gasteiger partial charge is 0.332 e. The highest BCUT2D eigenvalue weighted by Crippen LogP contribution is 2.16. The van der Waals surface area contributed by atoms with E-state index >= 15 is 0 Å². The van der Waals surface area contributed by atoms with Crippen LogP contribution in [0.1, 0.15) is 17.4 Å². The number of carbonyl (C=O) groups excluding carboxylic acids is 1. The number of hydrogen-bond acceptors (Lipinski definition) is 6. The molecule has 0 spiro atoms. The van der Waals surface area contributed by atoms with Gasteiger partial charge in [0, 0.05) is 37.8 Å². The summed E-state index contributed by atoms with van der Waals surface area (Å²) in [6, 6.07) is 6.10. The van der Waals surface area contributed by atoms with Crippen LogP contribution < -0.4 is 5.32 Å². The van der Waals surface area contributed by atoms with E-state index in [0.29, 0.717) is 12.2 Å². The average Bonchev–Trinajstić information content (AvgIpc) is 3.05. The fourth-order valence-corrected chi connectivity index (χ4v) is 2.53. The zero-order valence-electron chi connectivity index (χ0n) is 13.0. The van der Waals surface area contributed by atoms with Gasteiger partial charge < -0.3 is 10.2 Å². The Balaban J connectivity index is 0.00000208. The number of rotatable bonds is 3. The van der Waals surface area contributed by atoms with Crippen molar-refractivity contribution in [3.8, 4) is 5.69 Å².